The Morgan fingerprint density at radius 3 is 2.21 bits per heavy atom. The zero-order valence-electron chi connectivity index (χ0n) is 20.4. The third kappa shape index (κ3) is 6.15. The van der Waals surface area contributed by atoms with Crippen molar-refractivity contribution in [3.05, 3.63) is 66.9 Å². The molecule has 185 valence electrons. The first kappa shape index (κ1) is 27.0. The van der Waals surface area contributed by atoms with Crippen molar-refractivity contribution in [2.75, 3.05) is 0 Å². The third-order valence-electron chi connectivity index (χ3n) is 8.02. The number of aromatic nitrogens is 1. The minimum atomic E-state index is -0.267. The predicted molar refractivity (Wildman–Crippen MR) is 136 cm³/mol. The molecule has 2 aromatic carbocycles. The van der Waals surface area contributed by atoms with E-state index in [2.05, 4.69) is 43.1 Å². The van der Waals surface area contributed by atoms with Gasteiger partial charge in [-0.25, -0.2) is 0 Å². The SMILES string of the molecule is CC[C@@H]1CCC2CCC[C@H](CC)C(O)C2C1O.[Ir].[c-]1ccccc1-c1cc2ccccc2cn1. The smallest absolute Gasteiger partial charge is 0.0623 e. The Kier molecular flexibility index (Phi) is 10.3. The van der Waals surface area contributed by atoms with Crippen LogP contribution in [-0.2, 0) is 20.1 Å². The van der Waals surface area contributed by atoms with Crippen LogP contribution in [-0.4, -0.2) is 27.4 Å². The van der Waals surface area contributed by atoms with Crippen LogP contribution in [0, 0.1) is 29.7 Å². The molecule has 2 aliphatic rings. The summed E-state index contributed by atoms with van der Waals surface area (Å²) in [6.07, 6.45) is 9.45. The number of rotatable bonds is 3. The van der Waals surface area contributed by atoms with Crippen LogP contribution in [0.3, 0.4) is 0 Å². The molecule has 4 unspecified atom stereocenters. The maximum atomic E-state index is 10.6. The molecule has 6 atom stereocenters. The average Bonchev–Trinajstić information content (AvgIpc) is 3.03. The largest absolute Gasteiger partial charge is 0.392 e. The molecular formula is C30H38IrNO2-. The Bertz CT molecular complexity index is 1010. The van der Waals surface area contributed by atoms with Crippen molar-refractivity contribution in [2.45, 2.75) is 71.0 Å². The minimum absolute atomic E-state index is 0. The first-order valence-corrected chi connectivity index (χ1v) is 12.8. The Labute approximate surface area is 218 Å². The van der Waals surface area contributed by atoms with Crippen molar-refractivity contribution in [3.63, 3.8) is 0 Å². The topological polar surface area (TPSA) is 53.4 Å². The third-order valence-corrected chi connectivity index (χ3v) is 8.02. The van der Waals surface area contributed by atoms with E-state index in [9.17, 15) is 10.2 Å². The number of fused-ring (bicyclic) bond motifs is 2. The van der Waals surface area contributed by atoms with Crippen molar-refractivity contribution in [1.29, 1.82) is 0 Å². The molecule has 0 saturated heterocycles. The maximum absolute atomic E-state index is 10.6. The zero-order valence-corrected chi connectivity index (χ0v) is 22.8. The standard InChI is InChI=1S/C15H10N.C15H28O2.Ir/c1-2-6-12(7-3-1)15-10-13-8-4-5-9-14(13)11-16-15;1-3-10-6-5-7-12-9-8-11(4-2)15(17)13(12)14(10)16;/h1-6,8-11H;10-17H,3-9H2,1-2H3;/q-1;;/t;10-,11+,12?,13?,14?,15?;/m.0./s1. The molecule has 0 aliphatic heterocycles. The molecule has 0 spiro atoms. The molecule has 3 aromatic rings. The van der Waals surface area contributed by atoms with Gasteiger partial charge in [0.1, 0.15) is 0 Å². The summed E-state index contributed by atoms with van der Waals surface area (Å²) in [6, 6.07) is 21.4. The number of aliphatic hydroxyl groups is 2. The van der Waals surface area contributed by atoms with Crippen LogP contribution in [0.4, 0.5) is 0 Å². The minimum Gasteiger partial charge on any atom is -0.392 e. The van der Waals surface area contributed by atoms with Gasteiger partial charge in [-0.3, -0.25) is 0 Å². The van der Waals surface area contributed by atoms with E-state index in [1.54, 1.807) is 0 Å². The summed E-state index contributed by atoms with van der Waals surface area (Å²) in [4.78, 5) is 4.45. The molecule has 1 radical (unpaired) electrons. The molecule has 2 fully saturated rings. The second-order valence-corrected chi connectivity index (χ2v) is 9.86. The molecule has 2 saturated carbocycles. The van der Waals surface area contributed by atoms with Gasteiger partial charge >= 0.3 is 0 Å². The summed E-state index contributed by atoms with van der Waals surface area (Å²) < 4.78 is 0. The number of hydrogen-bond acceptors (Lipinski definition) is 3. The van der Waals surface area contributed by atoms with E-state index >= 15 is 0 Å². The van der Waals surface area contributed by atoms with Crippen molar-refractivity contribution in [2.24, 2.45) is 23.7 Å². The number of aliphatic hydroxyl groups excluding tert-OH is 2. The fraction of sp³-hybridized carbons (Fsp3) is 0.500. The van der Waals surface area contributed by atoms with Crippen molar-refractivity contribution in [1.82, 2.24) is 4.98 Å². The summed E-state index contributed by atoms with van der Waals surface area (Å²) in [5.41, 5.74) is 2.01. The Morgan fingerprint density at radius 2 is 1.53 bits per heavy atom. The molecule has 2 aliphatic carbocycles. The second-order valence-electron chi connectivity index (χ2n) is 9.86. The molecule has 0 bridgehead atoms. The molecule has 4 heteroatoms. The van der Waals surface area contributed by atoms with Gasteiger partial charge in [0.25, 0.3) is 0 Å². The van der Waals surface area contributed by atoms with E-state index in [4.69, 9.17) is 0 Å². The summed E-state index contributed by atoms with van der Waals surface area (Å²) in [5.74, 6) is 1.55. The van der Waals surface area contributed by atoms with E-state index in [1.165, 1.54) is 30.0 Å². The van der Waals surface area contributed by atoms with Gasteiger partial charge in [0.15, 0.2) is 0 Å². The van der Waals surface area contributed by atoms with Crippen LogP contribution in [0.25, 0.3) is 22.0 Å². The van der Waals surface area contributed by atoms with E-state index in [-0.39, 0.29) is 38.2 Å². The van der Waals surface area contributed by atoms with E-state index in [0.29, 0.717) is 17.8 Å². The molecule has 2 N–H and O–H groups in total. The first-order chi connectivity index (χ1) is 16.1. The average molecular weight is 637 g/mol. The Balaban J connectivity index is 0.000000185. The summed E-state index contributed by atoms with van der Waals surface area (Å²) in [7, 11) is 0. The number of benzene rings is 2. The number of nitrogens with zero attached hydrogens (tertiary/aromatic N) is 1. The van der Waals surface area contributed by atoms with Crippen LogP contribution in [0.5, 0.6) is 0 Å². The monoisotopic (exact) mass is 637 g/mol. The van der Waals surface area contributed by atoms with E-state index in [0.717, 1.165) is 36.9 Å². The van der Waals surface area contributed by atoms with Crippen LogP contribution >= 0.6 is 0 Å². The fourth-order valence-corrected chi connectivity index (χ4v) is 6.00. The van der Waals surface area contributed by atoms with Gasteiger partial charge in [0.2, 0.25) is 0 Å². The number of pyridine rings is 1. The van der Waals surface area contributed by atoms with Crippen molar-refractivity contribution >= 4 is 10.8 Å². The van der Waals surface area contributed by atoms with Crippen LogP contribution in [0.2, 0.25) is 0 Å². The van der Waals surface area contributed by atoms with Crippen molar-refractivity contribution in [3.8, 4) is 11.3 Å². The van der Waals surface area contributed by atoms with Gasteiger partial charge in [-0.15, -0.1) is 35.9 Å². The van der Waals surface area contributed by atoms with Crippen molar-refractivity contribution < 1.29 is 30.3 Å². The molecular weight excluding hydrogens is 599 g/mol. The predicted octanol–water partition coefficient (Wildman–Crippen LogP) is 6.67. The number of hydrogen-bond donors (Lipinski definition) is 2. The van der Waals surface area contributed by atoms with E-state index in [1.807, 2.05) is 42.6 Å². The molecule has 5 rings (SSSR count). The molecule has 1 aromatic heterocycles. The second kappa shape index (κ2) is 12.9. The van der Waals surface area contributed by atoms with Gasteiger partial charge in [0.05, 0.1) is 12.2 Å². The van der Waals surface area contributed by atoms with Gasteiger partial charge in [0, 0.05) is 32.2 Å². The van der Waals surface area contributed by atoms with Gasteiger partial charge in [-0.2, -0.15) is 0 Å². The van der Waals surface area contributed by atoms with E-state index < -0.39 is 0 Å². The first-order valence-electron chi connectivity index (χ1n) is 12.8. The quantitative estimate of drug-likeness (QED) is 0.316. The summed E-state index contributed by atoms with van der Waals surface area (Å²) in [6.45, 7) is 4.33. The van der Waals surface area contributed by atoms with Gasteiger partial charge < -0.3 is 15.2 Å². The Morgan fingerprint density at radius 1 is 0.853 bits per heavy atom. The van der Waals surface area contributed by atoms with Crippen LogP contribution in [0.15, 0.2) is 60.8 Å². The van der Waals surface area contributed by atoms with Gasteiger partial charge in [-0.1, -0.05) is 63.4 Å². The fourth-order valence-electron chi connectivity index (χ4n) is 6.00. The zero-order chi connectivity index (χ0) is 23.2. The molecule has 34 heavy (non-hydrogen) atoms. The Hall–Kier alpha value is -1.58. The molecule has 0 amide bonds. The normalized spacial score (nSPS) is 28.6. The molecule has 3 nitrogen and oxygen atoms in total. The maximum Gasteiger partial charge on any atom is 0.0623 e. The summed E-state index contributed by atoms with van der Waals surface area (Å²) >= 11 is 0. The molecule has 1 heterocycles. The summed E-state index contributed by atoms with van der Waals surface area (Å²) in [5, 5.41) is 23.5. The van der Waals surface area contributed by atoms with Crippen LogP contribution < -0.4 is 0 Å². The van der Waals surface area contributed by atoms with Crippen LogP contribution in [0.1, 0.15) is 58.8 Å². The van der Waals surface area contributed by atoms with Gasteiger partial charge in [-0.05, 0) is 59.9 Å².